The van der Waals surface area contributed by atoms with Crippen LogP contribution in [-0.4, -0.2) is 45.8 Å². The molecule has 0 saturated carbocycles. The van der Waals surface area contributed by atoms with E-state index >= 15 is 0 Å². The number of piperidine rings is 1. The van der Waals surface area contributed by atoms with Gasteiger partial charge in [-0.2, -0.15) is 0 Å². The smallest absolute Gasteiger partial charge is 0.244 e. The van der Waals surface area contributed by atoms with Crippen LogP contribution in [0.5, 0.6) is 0 Å². The summed E-state index contributed by atoms with van der Waals surface area (Å²) in [6, 6.07) is 5.73. The van der Waals surface area contributed by atoms with Gasteiger partial charge >= 0.3 is 0 Å². The van der Waals surface area contributed by atoms with Crippen molar-refractivity contribution in [1.29, 1.82) is 0 Å². The number of nitrogens with zero attached hydrogens (tertiary/aromatic N) is 3. The second kappa shape index (κ2) is 8.46. The molecule has 1 aromatic heterocycles. The zero-order valence-corrected chi connectivity index (χ0v) is 16.4. The van der Waals surface area contributed by atoms with Crippen LogP contribution in [0.25, 0.3) is 11.1 Å². The highest BCUT2D eigenvalue weighted by Gasteiger charge is 2.30. The molecule has 3 rings (SSSR count). The van der Waals surface area contributed by atoms with E-state index in [0.29, 0.717) is 18.9 Å². The Bertz CT molecular complexity index is 869. The third kappa shape index (κ3) is 4.52. The Morgan fingerprint density at radius 1 is 1.29 bits per heavy atom. The third-order valence-electron chi connectivity index (χ3n) is 5.00. The van der Waals surface area contributed by atoms with Crippen molar-refractivity contribution < 1.29 is 14.0 Å². The number of benzene rings is 1. The van der Waals surface area contributed by atoms with Crippen molar-refractivity contribution >= 4 is 11.8 Å². The molecule has 0 radical (unpaired) electrons. The number of aryl methyl sites for hydroxylation is 1. The highest BCUT2D eigenvalue weighted by Crippen LogP contribution is 2.33. The number of carbonyl (C=O) groups is 2. The summed E-state index contributed by atoms with van der Waals surface area (Å²) in [6.45, 7) is 6.14. The predicted molar refractivity (Wildman–Crippen MR) is 104 cm³/mol. The number of likely N-dealkylation sites (tertiary alicyclic amines) is 1. The number of amides is 2. The number of nitrogens with one attached hydrogen (secondary N) is 1. The molecule has 2 amide bonds. The Kier molecular flexibility index (Phi) is 6.02. The minimum absolute atomic E-state index is 0.0592. The van der Waals surface area contributed by atoms with Gasteiger partial charge in [-0.1, -0.05) is 12.1 Å². The van der Waals surface area contributed by atoms with Gasteiger partial charge in [-0.05, 0) is 44.4 Å². The van der Waals surface area contributed by atoms with E-state index in [4.69, 9.17) is 0 Å². The molecule has 2 aromatic rings. The van der Waals surface area contributed by atoms with E-state index in [-0.39, 0.29) is 23.5 Å². The molecule has 1 aromatic carbocycles. The van der Waals surface area contributed by atoms with E-state index in [1.54, 1.807) is 30.2 Å². The molecule has 1 N–H and O–H groups in total. The van der Waals surface area contributed by atoms with E-state index in [0.717, 1.165) is 29.7 Å². The lowest BCUT2D eigenvalue weighted by atomic mass is 9.89. The fraction of sp³-hybridized carbons (Fsp3) is 0.429. The van der Waals surface area contributed by atoms with Crippen molar-refractivity contribution in [2.75, 3.05) is 13.1 Å². The van der Waals surface area contributed by atoms with E-state index in [9.17, 15) is 14.0 Å². The average Bonchev–Trinajstić information content (AvgIpc) is 2.67. The highest BCUT2D eigenvalue weighted by molar-refractivity contribution is 5.86. The van der Waals surface area contributed by atoms with Crippen molar-refractivity contribution in [2.45, 2.75) is 45.6 Å². The average molecular weight is 384 g/mol. The number of hydrogen-bond donors (Lipinski definition) is 1. The monoisotopic (exact) mass is 384 g/mol. The summed E-state index contributed by atoms with van der Waals surface area (Å²) in [5.41, 5.74) is 2.59. The Morgan fingerprint density at radius 2 is 2.00 bits per heavy atom. The molecular weight excluding hydrogens is 359 g/mol. The van der Waals surface area contributed by atoms with E-state index in [2.05, 4.69) is 15.3 Å². The van der Waals surface area contributed by atoms with Crippen LogP contribution >= 0.6 is 0 Å². The molecule has 1 saturated heterocycles. The van der Waals surface area contributed by atoms with Gasteiger partial charge in [0.2, 0.25) is 11.8 Å². The van der Waals surface area contributed by atoms with Gasteiger partial charge in [0.1, 0.15) is 17.7 Å². The first kappa shape index (κ1) is 19.9. The molecule has 7 heteroatoms. The minimum atomic E-state index is -0.556. The summed E-state index contributed by atoms with van der Waals surface area (Å²) >= 11 is 0. The van der Waals surface area contributed by atoms with Gasteiger partial charge in [-0.3, -0.25) is 9.59 Å². The van der Waals surface area contributed by atoms with Gasteiger partial charge in [-0.25, -0.2) is 14.4 Å². The molecular formula is C21H25FN4O2. The third-order valence-corrected chi connectivity index (χ3v) is 5.00. The second-order valence-corrected chi connectivity index (χ2v) is 7.27. The van der Waals surface area contributed by atoms with Crippen molar-refractivity contribution in [3.8, 4) is 11.1 Å². The summed E-state index contributed by atoms with van der Waals surface area (Å²) in [7, 11) is 0. The van der Waals surface area contributed by atoms with Gasteiger partial charge in [0, 0.05) is 37.7 Å². The Morgan fingerprint density at radius 3 is 2.68 bits per heavy atom. The van der Waals surface area contributed by atoms with Crippen LogP contribution < -0.4 is 5.32 Å². The zero-order valence-electron chi connectivity index (χ0n) is 16.4. The number of rotatable bonds is 4. The first-order valence-electron chi connectivity index (χ1n) is 9.50. The van der Waals surface area contributed by atoms with Crippen molar-refractivity contribution in [3.63, 3.8) is 0 Å². The predicted octanol–water partition coefficient (Wildman–Crippen LogP) is 2.82. The van der Waals surface area contributed by atoms with Gasteiger partial charge in [-0.15, -0.1) is 0 Å². The molecule has 1 aliphatic rings. The molecule has 6 nitrogen and oxygen atoms in total. The van der Waals surface area contributed by atoms with Crippen molar-refractivity contribution in [3.05, 3.63) is 47.8 Å². The summed E-state index contributed by atoms with van der Waals surface area (Å²) in [6.07, 6.45) is 3.53. The van der Waals surface area contributed by atoms with Crippen LogP contribution in [0.3, 0.4) is 0 Å². The van der Waals surface area contributed by atoms with Crippen LogP contribution in [0, 0.1) is 12.7 Å². The molecule has 1 fully saturated rings. The Balaban J connectivity index is 1.86. The van der Waals surface area contributed by atoms with E-state index in [1.165, 1.54) is 19.1 Å². The van der Waals surface area contributed by atoms with Crippen LogP contribution in [0.1, 0.15) is 44.1 Å². The lowest BCUT2D eigenvalue weighted by Crippen LogP contribution is -2.49. The number of carbonyl (C=O) groups excluding carboxylic acids is 2. The Labute approximate surface area is 164 Å². The zero-order chi connectivity index (χ0) is 20.3. The standard InChI is InChI=1S/C21H25FN4O2/c1-13(24-15(3)27)21(28)26-10-4-5-17(12-26)20-19(11-23-14(2)25-20)16-6-8-18(22)9-7-16/h6-9,11,13,17H,4-5,10,12H2,1-3H3,(H,24,27)/t13-,17?/m0/s1. The van der Waals surface area contributed by atoms with Crippen LogP contribution in [0.4, 0.5) is 4.39 Å². The van der Waals surface area contributed by atoms with Gasteiger partial charge in [0.25, 0.3) is 0 Å². The molecule has 0 spiro atoms. The molecule has 0 bridgehead atoms. The maximum Gasteiger partial charge on any atom is 0.244 e. The summed E-state index contributed by atoms with van der Waals surface area (Å²) < 4.78 is 13.3. The number of aromatic nitrogens is 2. The normalized spacial score (nSPS) is 17.9. The van der Waals surface area contributed by atoms with Crippen molar-refractivity contribution in [2.24, 2.45) is 0 Å². The highest BCUT2D eigenvalue weighted by atomic mass is 19.1. The van der Waals surface area contributed by atoms with E-state index < -0.39 is 6.04 Å². The molecule has 2 atom stereocenters. The first-order valence-corrected chi connectivity index (χ1v) is 9.50. The first-order chi connectivity index (χ1) is 13.3. The lowest BCUT2D eigenvalue weighted by Gasteiger charge is -2.34. The maximum atomic E-state index is 13.3. The Hall–Kier alpha value is -2.83. The van der Waals surface area contributed by atoms with Gasteiger partial charge in [0.15, 0.2) is 0 Å². The van der Waals surface area contributed by atoms with Gasteiger partial charge < -0.3 is 10.2 Å². The molecule has 28 heavy (non-hydrogen) atoms. The summed E-state index contributed by atoms with van der Waals surface area (Å²) in [5.74, 6) is 0.119. The topological polar surface area (TPSA) is 75.2 Å². The minimum Gasteiger partial charge on any atom is -0.345 e. The quantitative estimate of drug-likeness (QED) is 0.880. The lowest BCUT2D eigenvalue weighted by molar-refractivity contribution is -0.136. The van der Waals surface area contributed by atoms with E-state index in [1.807, 2.05) is 6.92 Å². The maximum absolute atomic E-state index is 13.3. The number of hydrogen-bond acceptors (Lipinski definition) is 4. The molecule has 2 heterocycles. The molecule has 148 valence electrons. The summed E-state index contributed by atoms with van der Waals surface area (Å²) in [4.78, 5) is 34.7. The molecule has 1 unspecified atom stereocenters. The molecule has 1 aliphatic heterocycles. The van der Waals surface area contributed by atoms with Crippen molar-refractivity contribution in [1.82, 2.24) is 20.2 Å². The summed E-state index contributed by atoms with van der Waals surface area (Å²) in [5, 5.41) is 2.65. The fourth-order valence-electron chi connectivity index (χ4n) is 3.69. The van der Waals surface area contributed by atoms with Crippen LogP contribution in [0.15, 0.2) is 30.5 Å². The van der Waals surface area contributed by atoms with Gasteiger partial charge in [0.05, 0.1) is 5.69 Å². The van der Waals surface area contributed by atoms with Crippen LogP contribution in [0.2, 0.25) is 0 Å². The number of halogens is 1. The SMILES string of the molecule is CC(=O)N[C@@H](C)C(=O)N1CCCC(c2nc(C)ncc2-c2ccc(F)cc2)C1. The second-order valence-electron chi connectivity index (χ2n) is 7.27. The molecule has 0 aliphatic carbocycles. The largest absolute Gasteiger partial charge is 0.345 e. The van der Waals surface area contributed by atoms with Crippen LogP contribution in [-0.2, 0) is 9.59 Å². The fourth-order valence-corrected chi connectivity index (χ4v) is 3.69.